The summed E-state index contributed by atoms with van der Waals surface area (Å²) in [6, 6.07) is 7.68. The Morgan fingerprint density at radius 2 is 2.17 bits per heavy atom. The minimum Gasteiger partial charge on any atom is -0.491 e. The summed E-state index contributed by atoms with van der Waals surface area (Å²) in [4.78, 5) is 22.1. The van der Waals surface area contributed by atoms with E-state index in [1.165, 1.54) is 0 Å². The lowest BCUT2D eigenvalue weighted by atomic mass is 10.0. The fraction of sp³-hybridized carbons (Fsp3) is 0.188. The van der Waals surface area contributed by atoms with Crippen LogP contribution < -0.4 is 10.1 Å². The van der Waals surface area contributed by atoms with Gasteiger partial charge in [0.2, 0.25) is 0 Å². The van der Waals surface area contributed by atoms with E-state index in [0.29, 0.717) is 36.1 Å². The van der Waals surface area contributed by atoms with Crippen LogP contribution in [0.3, 0.4) is 0 Å². The highest BCUT2D eigenvalue weighted by Crippen LogP contribution is 2.38. The van der Waals surface area contributed by atoms with Crippen LogP contribution in [0.5, 0.6) is 5.75 Å². The highest BCUT2D eigenvalue weighted by atomic mass is 19.1. The van der Waals surface area contributed by atoms with Gasteiger partial charge in [-0.25, -0.2) is 4.39 Å². The second-order valence-corrected chi connectivity index (χ2v) is 5.25. The number of nitro groups is 1. The maximum absolute atomic E-state index is 13.9. The van der Waals surface area contributed by atoms with Crippen molar-refractivity contribution in [2.45, 2.75) is 12.5 Å². The number of aliphatic hydroxyl groups is 1. The van der Waals surface area contributed by atoms with Crippen LogP contribution in [0.1, 0.15) is 28.4 Å². The van der Waals surface area contributed by atoms with Gasteiger partial charge in [-0.05, 0) is 12.1 Å². The highest BCUT2D eigenvalue weighted by molar-refractivity contribution is 6.05. The molecule has 2 aromatic rings. The molecule has 1 aliphatic heterocycles. The largest absolute Gasteiger partial charge is 0.491 e. The minimum atomic E-state index is -0.993. The maximum Gasteiger partial charge on any atom is 0.272 e. The third-order valence-corrected chi connectivity index (χ3v) is 3.70. The number of fused-ring (bicyclic) bond motifs is 1. The first-order valence-electron chi connectivity index (χ1n) is 7.16. The molecule has 2 aromatic carbocycles. The second-order valence-electron chi connectivity index (χ2n) is 5.25. The average Bonchev–Trinajstić information content (AvgIpc) is 2.55. The van der Waals surface area contributed by atoms with E-state index in [1.54, 1.807) is 18.2 Å². The van der Waals surface area contributed by atoms with E-state index >= 15 is 0 Å². The van der Waals surface area contributed by atoms with Crippen LogP contribution in [-0.2, 0) is 0 Å². The first kappa shape index (κ1) is 15.9. The molecule has 0 aliphatic carbocycles. The van der Waals surface area contributed by atoms with Crippen LogP contribution >= 0.6 is 0 Å². The molecule has 0 spiro atoms. The van der Waals surface area contributed by atoms with Crippen LogP contribution in [-0.4, -0.2) is 22.5 Å². The number of nitrogens with one attached hydrogen (secondary N) is 1. The smallest absolute Gasteiger partial charge is 0.272 e. The average molecular weight is 332 g/mol. The van der Waals surface area contributed by atoms with Crippen LogP contribution in [0.2, 0.25) is 0 Å². The number of amides is 1. The molecule has 0 fully saturated rings. The number of hydrogen-bond donors (Lipinski definition) is 2. The minimum absolute atomic E-state index is 0.299. The van der Waals surface area contributed by atoms with Crippen molar-refractivity contribution in [3.05, 3.63) is 63.5 Å². The van der Waals surface area contributed by atoms with Crippen LogP contribution in [0.25, 0.3) is 0 Å². The molecule has 8 heteroatoms. The number of non-ortho nitro benzene ring substituents is 1. The fourth-order valence-corrected chi connectivity index (χ4v) is 2.50. The summed E-state index contributed by atoms with van der Waals surface area (Å²) in [5, 5.41) is 23.1. The van der Waals surface area contributed by atoms with E-state index in [-0.39, 0.29) is 5.56 Å². The van der Waals surface area contributed by atoms with E-state index in [2.05, 4.69) is 5.32 Å². The number of nitro benzene ring substituents is 1. The van der Waals surface area contributed by atoms with Gasteiger partial charge in [-0.3, -0.25) is 14.9 Å². The lowest BCUT2D eigenvalue weighted by Crippen LogP contribution is -2.18. The third kappa shape index (κ3) is 2.91. The van der Waals surface area contributed by atoms with Crippen molar-refractivity contribution >= 4 is 17.3 Å². The number of rotatable bonds is 3. The van der Waals surface area contributed by atoms with Gasteiger partial charge in [0.05, 0.1) is 35.0 Å². The Morgan fingerprint density at radius 3 is 2.88 bits per heavy atom. The molecule has 3 rings (SSSR count). The quantitative estimate of drug-likeness (QED) is 0.665. The Morgan fingerprint density at radius 1 is 1.38 bits per heavy atom. The molecule has 24 heavy (non-hydrogen) atoms. The molecule has 0 radical (unpaired) electrons. The summed E-state index contributed by atoms with van der Waals surface area (Å²) in [6.45, 7) is 0.299. The normalized spacial score (nSPS) is 16.0. The Bertz CT molecular complexity index is 824. The first-order valence-corrected chi connectivity index (χ1v) is 7.16. The molecule has 1 atom stereocenters. The van der Waals surface area contributed by atoms with E-state index in [4.69, 9.17) is 4.74 Å². The second kappa shape index (κ2) is 6.25. The zero-order chi connectivity index (χ0) is 17.3. The standard InChI is InChI=1S/C16H13FN2O5/c17-12-8-9(19(22)23)4-5-10(12)16(21)18-13-3-1-2-11-14(20)6-7-24-15(11)13/h1-5,8,14,20H,6-7H2,(H,18,21). The van der Waals surface area contributed by atoms with Crippen LogP contribution in [0.15, 0.2) is 36.4 Å². The van der Waals surface area contributed by atoms with Gasteiger partial charge in [-0.15, -0.1) is 0 Å². The Balaban J connectivity index is 1.88. The Hall–Kier alpha value is -3.00. The molecular weight excluding hydrogens is 319 g/mol. The molecule has 1 aliphatic rings. The number of hydrogen-bond acceptors (Lipinski definition) is 5. The van der Waals surface area contributed by atoms with Crippen LogP contribution in [0.4, 0.5) is 15.8 Å². The number of carbonyl (C=O) groups is 1. The summed E-state index contributed by atoms with van der Waals surface area (Å²) in [6.07, 6.45) is -0.247. The van der Waals surface area contributed by atoms with Crippen molar-refractivity contribution in [1.29, 1.82) is 0 Å². The van der Waals surface area contributed by atoms with Crippen molar-refractivity contribution in [3.8, 4) is 5.75 Å². The first-order chi connectivity index (χ1) is 11.5. The zero-order valence-corrected chi connectivity index (χ0v) is 12.4. The van der Waals surface area contributed by atoms with Crippen LogP contribution in [0, 0.1) is 15.9 Å². The van der Waals surface area contributed by atoms with Gasteiger partial charge in [0, 0.05) is 18.1 Å². The summed E-state index contributed by atoms with van der Waals surface area (Å²) in [5.41, 5.74) is 0.0828. The maximum atomic E-state index is 13.9. The molecular formula is C16H13FN2O5. The van der Waals surface area contributed by atoms with Crippen molar-refractivity contribution in [2.24, 2.45) is 0 Å². The van der Waals surface area contributed by atoms with Crippen molar-refractivity contribution in [1.82, 2.24) is 0 Å². The van der Waals surface area contributed by atoms with Crippen molar-refractivity contribution < 1.29 is 24.0 Å². The molecule has 1 amide bonds. The van der Waals surface area contributed by atoms with Gasteiger partial charge >= 0.3 is 0 Å². The van der Waals surface area contributed by atoms with Crippen molar-refractivity contribution in [2.75, 3.05) is 11.9 Å². The topological polar surface area (TPSA) is 102 Å². The lowest BCUT2D eigenvalue weighted by Gasteiger charge is -2.24. The summed E-state index contributed by atoms with van der Waals surface area (Å²) >= 11 is 0. The molecule has 7 nitrogen and oxygen atoms in total. The van der Waals surface area contributed by atoms with Gasteiger partial charge in [0.1, 0.15) is 11.6 Å². The third-order valence-electron chi connectivity index (χ3n) is 3.70. The number of anilines is 1. The number of para-hydroxylation sites is 1. The number of carbonyl (C=O) groups excluding carboxylic acids is 1. The molecule has 124 valence electrons. The summed E-state index contributed by atoms with van der Waals surface area (Å²) < 4.78 is 19.4. The predicted octanol–water partition coefficient (Wildman–Crippen LogP) is 2.80. The number of nitrogens with zero attached hydrogens (tertiary/aromatic N) is 1. The molecule has 0 saturated carbocycles. The molecule has 2 N–H and O–H groups in total. The molecule has 0 saturated heterocycles. The molecule has 0 aromatic heterocycles. The number of aliphatic hydroxyl groups excluding tert-OH is 1. The Kier molecular flexibility index (Phi) is 4.13. The van der Waals surface area contributed by atoms with E-state index in [1.807, 2.05) is 0 Å². The zero-order valence-electron chi connectivity index (χ0n) is 12.4. The highest BCUT2D eigenvalue weighted by Gasteiger charge is 2.23. The van der Waals surface area contributed by atoms with Gasteiger partial charge in [0.25, 0.3) is 11.6 Å². The molecule has 0 bridgehead atoms. The van der Waals surface area contributed by atoms with Gasteiger partial charge in [-0.2, -0.15) is 0 Å². The summed E-state index contributed by atoms with van der Waals surface area (Å²) in [7, 11) is 0. The van der Waals surface area contributed by atoms with Gasteiger partial charge < -0.3 is 15.2 Å². The Labute approximate surface area is 135 Å². The fourth-order valence-electron chi connectivity index (χ4n) is 2.50. The SMILES string of the molecule is O=C(Nc1cccc2c1OCCC2O)c1ccc([N+](=O)[O-])cc1F. The van der Waals surface area contributed by atoms with Gasteiger partial charge in [-0.1, -0.05) is 12.1 Å². The number of ether oxygens (including phenoxy) is 1. The molecule has 1 heterocycles. The monoisotopic (exact) mass is 332 g/mol. The summed E-state index contributed by atoms with van der Waals surface area (Å²) in [5.74, 6) is -1.42. The predicted molar refractivity (Wildman–Crippen MR) is 82.5 cm³/mol. The lowest BCUT2D eigenvalue weighted by molar-refractivity contribution is -0.385. The van der Waals surface area contributed by atoms with E-state index < -0.39 is 28.4 Å². The van der Waals surface area contributed by atoms with E-state index in [0.717, 1.165) is 12.1 Å². The number of benzene rings is 2. The van der Waals surface area contributed by atoms with Crippen molar-refractivity contribution in [3.63, 3.8) is 0 Å². The number of halogens is 1. The van der Waals surface area contributed by atoms with Gasteiger partial charge in [0.15, 0.2) is 0 Å². The van der Waals surface area contributed by atoms with E-state index in [9.17, 15) is 24.4 Å². The molecule has 1 unspecified atom stereocenters.